The maximum Gasteiger partial charge on any atom is 0.138 e. The molecule has 6 atom stereocenters. The van der Waals surface area contributed by atoms with Crippen LogP contribution in [0.1, 0.15) is 107 Å². The van der Waals surface area contributed by atoms with Crippen LogP contribution in [0.4, 0.5) is 0 Å². The first kappa shape index (κ1) is 23.1. The highest BCUT2D eigenvalue weighted by Gasteiger charge is 2.62. The second kappa shape index (κ2) is 7.46. The first-order valence-corrected chi connectivity index (χ1v) is 13.0. The fourth-order valence-corrected chi connectivity index (χ4v) is 8.60. The Hall–Kier alpha value is -1.11. The topological polar surface area (TPSA) is 17.1 Å². The summed E-state index contributed by atoms with van der Waals surface area (Å²) < 4.78 is 0. The van der Waals surface area contributed by atoms with Gasteiger partial charge in [-0.05, 0) is 104 Å². The van der Waals surface area contributed by atoms with Gasteiger partial charge in [0, 0.05) is 11.8 Å². The molecule has 4 aliphatic carbocycles. The van der Waals surface area contributed by atoms with Crippen molar-refractivity contribution in [3.8, 4) is 0 Å². The molecule has 0 radical (unpaired) electrons. The molecule has 0 bridgehead atoms. The number of rotatable bonds is 4. The molecule has 172 valence electrons. The number of ketones is 1. The van der Waals surface area contributed by atoms with Gasteiger partial charge >= 0.3 is 0 Å². The summed E-state index contributed by atoms with van der Waals surface area (Å²) in [6.45, 7) is 19.1. The van der Waals surface area contributed by atoms with Crippen molar-refractivity contribution in [3.05, 3.63) is 34.9 Å². The molecule has 0 aromatic rings. The quantitative estimate of drug-likeness (QED) is 0.415. The van der Waals surface area contributed by atoms with Crippen LogP contribution < -0.4 is 0 Å². The Morgan fingerprint density at radius 2 is 1.81 bits per heavy atom. The lowest BCUT2D eigenvalue weighted by Crippen LogP contribution is -2.53. The molecule has 0 aliphatic heterocycles. The Morgan fingerprint density at radius 1 is 1.10 bits per heavy atom. The highest BCUT2D eigenvalue weighted by molar-refractivity contribution is 5.86. The molecule has 0 aromatic heterocycles. The summed E-state index contributed by atoms with van der Waals surface area (Å²) in [7, 11) is 0. The lowest BCUT2D eigenvalue weighted by atomic mass is 9.44. The molecule has 1 heteroatoms. The van der Waals surface area contributed by atoms with Gasteiger partial charge in [0.15, 0.2) is 0 Å². The van der Waals surface area contributed by atoms with Gasteiger partial charge in [0.05, 0.1) is 0 Å². The van der Waals surface area contributed by atoms with E-state index in [2.05, 4.69) is 73.6 Å². The van der Waals surface area contributed by atoms with E-state index >= 15 is 0 Å². The minimum Gasteiger partial charge on any atom is -0.299 e. The molecule has 0 heterocycles. The van der Waals surface area contributed by atoms with Crippen LogP contribution in [0.2, 0.25) is 0 Å². The van der Waals surface area contributed by atoms with Crippen LogP contribution >= 0.6 is 0 Å². The first-order chi connectivity index (χ1) is 14.4. The number of fused-ring (bicyclic) bond motifs is 5. The maximum absolute atomic E-state index is 12.8. The molecule has 0 amide bonds. The number of carbonyl (C=O) groups excluding carboxylic acids is 1. The van der Waals surface area contributed by atoms with Crippen LogP contribution in [-0.4, -0.2) is 5.78 Å². The van der Waals surface area contributed by atoms with E-state index in [1.165, 1.54) is 37.7 Å². The average molecular weight is 423 g/mol. The molecule has 0 saturated heterocycles. The van der Waals surface area contributed by atoms with Gasteiger partial charge in [-0.25, -0.2) is 0 Å². The summed E-state index contributed by atoms with van der Waals surface area (Å²) in [6.07, 6.45) is 17.0. The summed E-state index contributed by atoms with van der Waals surface area (Å²) in [5.41, 5.74) is 5.35. The molecular weight excluding hydrogens is 376 g/mol. The Morgan fingerprint density at radius 3 is 2.48 bits per heavy atom. The third kappa shape index (κ3) is 3.19. The Balaban J connectivity index is 1.67. The van der Waals surface area contributed by atoms with Gasteiger partial charge in [0.2, 0.25) is 0 Å². The summed E-state index contributed by atoms with van der Waals surface area (Å²) in [5.74, 6) is 2.50. The molecular formula is C30H46O. The van der Waals surface area contributed by atoms with Crippen LogP contribution in [0.25, 0.3) is 0 Å². The predicted molar refractivity (Wildman–Crippen MR) is 132 cm³/mol. The lowest BCUT2D eigenvalue weighted by Gasteiger charge is -2.59. The van der Waals surface area contributed by atoms with E-state index in [0.29, 0.717) is 17.1 Å². The first-order valence-electron chi connectivity index (χ1n) is 13.0. The van der Waals surface area contributed by atoms with Gasteiger partial charge in [0.25, 0.3) is 0 Å². The second-order valence-corrected chi connectivity index (χ2v) is 13.0. The molecule has 1 nitrogen and oxygen atoms in total. The summed E-state index contributed by atoms with van der Waals surface area (Å²) in [4.78, 5) is 12.8. The molecule has 2 fully saturated rings. The van der Waals surface area contributed by atoms with E-state index in [0.717, 1.165) is 31.1 Å². The van der Waals surface area contributed by atoms with Crippen molar-refractivity contribution < 1.29 is 4.79 Å². The monoisotopic (exact) mass is 422 g/mol. The Labute approximate surface area is 191 Å². The van der Waals surface area contributed by atoms with Gasteiger partial charge in [-0.1, -0.05) is 65.3 Å². The lowest BCUT2D eigenvalue weighted by molar-refractivity contribution is -0.138. The van der Waals surface area contributed by atoms with Crippen LogP contribution in [0.15, 0.2) is 34.9 Å². The standard InChI is InChI=1S/C30H46O/c1-20(2)10-9-11-21(3)22-14-18-30(8)24-12-13-25-27(4,5)26(31)16-17-28(25,6)23(24)15-19-29(22,30)7/h10,12,15,21-22,25H,9,11,13-14,16-19H2,1-8H3. The van der Waals surface area contributed by atoms with E-state index in [1.54, 1.807) is 11.1 Å². The Bertz CT molecular complexity index is 850. The van der Waals surface area contributed by atoms with Crippen LogP contribution in [0.3, 0.4) is 0 Å². The smallest absolute Gasteiger partial charge is 0.138 e. The molecule has 4 rings (SSSR count). The molecule has 31 heavy (non-hydrogen) atoms. The van der Waals surface area contributed by atoms with Gasteiger partial charge in [-0.3, -0.25) is 4.79 Å². The predicted octanol–water partition coefficient (Wildman–Crippen LogP) is 8.46. The van der Waals surface area contributed by atoms with Gasteiger partial charge in [-0.15, -0.1) is 0 Å². The van der Waals surface area contributed by atoms with Crippen molar-refractivity contribution in [2.24, 2.45) is 39.4 Å². The van der Waals surface area contributed by atoms with Crippen molar-refractivity contribution in [1.82, 2.24) is 0 Å². The third-order valence-electron chi connectivity index (χ3n) is 10.9. The fourth-order valence-electron chi connectivity index (χ4n) is 8.60. The number of allylic oxidation sites excluding steroid dienone is 6. The summed E-state index contributed by atoms with van der Waals surface area (Å²) in [5, 5.41) is 0. The third-order valence-corrected chi connectivity index (χ3v) is 10.9. The van der Waals surface area contributed by atoms with E-state index in [4.69, 9.17) is 0 Å². The second-order valence-electron chi connectivity index (χ2n) is 13.0. The fraction of sp³-hybridized carbons (Fsp3) is 0.767. The molecule has 0 spiro atoms. The van der Waals surface area contributed by atoms with Crippen molar-refractivity contribution in [1.29, 1.82) is 0 Å². The highest BCUT2D eigenvalue weighted by atomic mass is 16.1. The van der Waals surface area contributed by atoms with Gasteiger partial charge in [-0.2, -0.15) is 0 Å². The zero-order valence-electron chi connectivity index (χ0n) is 21.5. The number of Topliss-reactive ketones (excluding diaryl/α,β-unsaturated/α-hetero) is 1. The molecule has 4 aliphatic rings. The van der Waals surface area contributed by atoms with Crippen molar-refractivity contribution in [2.45, 2.75) is 107 Å². The summed E-state index contributed by atoms with van der Waals surface area (Å²) in [6, 6.07) is 0. The van der Waals surface area contributed by atoms with E-state index in [1.807, 2.05) is 0 Å². The van der Waals surface area contributed by atoms with Crippen molar-refractivity contribution >= 4 is 5.78 Å². The molecule has 6 unspecified atom stereocenters. The SMILES string of the molecule is CC(C)=CCCC(C)C1CCC2(C)C3=CCC4C(C)(C)C(=O)CCC4(C)C3=CCC12C. The van der Waals surface area contributed by atoms with Crippen LogP contribution in [0, 0.1) is 39.4 Å². The minimum atomic E-state index is -0.199. The number of carbonyl (C=O) groups is 1. The minimum absolute atomic E-state index is 0.166. The largest absolute Gasteiger partial charge is 0.299 e. The van der Waals surface area contributed by atoms with Gasteiger partial charge in [0.1, 0.15) is 5.78 Å². The normalized spacial score (nSPS) is 42.0. The van der Waals surface area contributed by atoms with Crippen LogP contribution in [-0.2, 0) is 4.79 Å². The molecule has 2 saturated carbocycles. The highest BCUT2D eigenvalue weighted by Crippen LogP contribution is 2.71. The average Bonchev–Trinajstić information content (AvgIpc) is 2.96. The summed E-state index contributed by atoms with van der Waals surface area (Å²) >= 11 is 0. The maximum atomic E-state index is 12.8. The van der Waals surface area contributed by atoms with Gasteiger partial charge < -0.3 is 0 Å². The number of hydrogen-bond acceptors (Lipinski definition) is 1. The van der Waals surface area contributed by atoms with E-state index < -0.39 is 0 Å². The number of hydrogen-bond donors (Lipinski definition) is 0. The van der Waals surface area contributed by atoms with E-state index in [9.17, 15) is 4.79 Å². The zero-order valence-corrected chi connectivity index (χ0v) is 21.5. The molecule has 0 N–H and O–H groups in total. The zero-order chi connectivity index (χ0) is 22.8. The Kier molecular flexibility index (Phi) is 5.55. The van der Waals surface area contributed by atoms with Crippen molar-refractivity contribution in [2.75, 3.05) is 0 Å². The van der Waals surface area contributed by atoms with Crippen molar-refractivity contribution in [3.63, 3.8) is 0 Å². The molecule has 0 aromatic carbocycles. The van der Waals surface area contributed by atoms with Crippen LogP contribution in [0.5, 0.6) is 0 Å². The van der Waals surface area contributed by atoms with E-state index in [-0.39, 0.29) is 16.2 Å².